The van der Waals surface area contributed by atoms with Gasteiger partial charge in [0.25, 0.3) is 0 Å². The van der Waals surface area contributed by atoms with E-state index in [2.05, 4.69) is 11.2 Å². The molecule has 23 heavy (non-hydrogen) atoms. The van der Waals surface area contributed by atoms with Gasteiger partial charge in [0.05, 0.1) is 18.2 Å². The van der Waals surface area contributed by atoms with Crippen molar-refractivity contribution in [3.05, 3.63) is 35.4 Å². The molecule has 2 aliphatic heterocycles. The van der Waals surface area contributed by atoms with Crippen molar-refractivity contribution in [1.82, 2.24) is 0 Å². The summed E-state index contributed by atoms with van der Waals surface area (Å²) >= 11 is 0. The average Bonchev–Trinajstić information content (AvgIpc) is 2.97. The lowest BCUT2D eigenvalue weighted by atomic mass is 10.00. The second kappa shape index (κ2) is 7.55. The third kappa shape index (κ3) is 3.88. The van der Waals surface area contributed by atoms with Crippen LogP contribution >= 0.6 is 0 Å². The summed E-state index contributed by atoms with van der Waals surface area (Å²) in [6, 6.07) is 8.98. The van der Waals surface area contributed by atoms with Crippen LogP contribution in [-0.4, -0.2) is 42.5 Å². The van der Waals surface area contributed by atoms with E-state index in [1.165, 1.54) is 0 Å². The smallest absolute Gasteiger partial charge is 0.161 e. The highest BCUT2D eigenvalue weighted by atomic mass is 16.7. The highest BCUT2D eigenvalue weighted by Crippen LogP contribution is 2.21. The molecule has 2 heterocycles. The standard InChI is InChI=1S/C17H20N2O4/c18-11-12-4-6-13(7-5-12)16-17(20)14(23-19-16)8-10-22-15-3-1-2-9-21-15/h4-7,14-15,17,20H,1-3,8-10H2/t14-,15?,17-/m0/s1. The fraction of sp³-hybridized carbons (Fsp3) is 0.529. The molecular weight excluding hydrogens is 296 g/mol. The number of aliphatic hydroxyl groups excluding tert-OH is 1. The highest BCUT2D eigenvalue weighted by Gasteiger charge is 2.33. The van der Waals surface area contributed by atoms with E-state index < -0.39 is 12.2 Å². The maximum absolute atomic E-state index is 10.4. The second-order valence-corrected chi connectivity index (χ2v) is 5.71. The summed E-state index contributed by atoms with van der Waals surface area (Å²) in [5, 5.41) is 23.2. The Morgan fingerprint density at radius 2 is 2.13 bits per heavy atom. The Kier molecular flexibility index (Phi) is 5.23. The predicted octanol–water partition coefficient (Wildman–Crippen LogP) is 1.96. The molecule has 1 unspecified atom stereocenters. The van der Waals surface area contributed by atoms with Gasteiger partial charge in [-0.2, -0.15) is 5.26 Å². The molecule has 1 N–H and O–H groups in total. The van der Waals surface area contributed by atoms with Gasteiger partial charge in [-0.15, -0.1) is 0 Å². The summed E-state index contributed by atoms with van der Waals surface area (Å²) < 4.78 is 11.2. The van der Waals surface area contributed by atoms with Crippen molar-refractivity contribution < 1.29 is 19.4 Å². The monoisotopic (exact) mass is 316 g/mol. The maximum atomic E-state index is 10.4. The van der Waals surface area contributed by atoms with Crippen LogP contribution in [0.25, 0.3) is 0 Å². The first kappa shape index (κ1) is 15.9. The van der Waals surface area contributed by atoms with Gasteiger partial charge in [0.1, 0.15) is 11.8 Å². The van der Waals surface area contributed by atoms with Crippen molar-refractivity contribution in [1.29, 1.82) is 5.26 Å². The van der Waals surface area contributed by atoms with E-state index >= 15 is 0 Å². The fourth-order valence-electron chi connectivity index (χ4n) is 2.72. The molecule has 6 heteroatoms. The topological polar surface area (TPSA) is 84.1 Å². The minimum absolute atomic E-state index is 0.138. The number of nitriles is 1. The quantitative estimate of drug-likeness (QED) is 0.897. The van der Waals surface area contributed by atoms with Gasteiger partial charge < -0.3 is 19.4 Å². The predicted molar refractivity (Wildman–Crippen MR) is 82.7 cm³/mol. The van der Waals surface area contributed by atoms with E-state index in [0.717, 1.165) is 31.4 Å². The van der Waals surface area contributed by atoms with Gasteiger partial charge in [-0.25, -0.2) is 0 Å². The second-order valence-electron chi connectivity index (χ2n) is 5.71. The van der Waals surface area contributed by atoms with E-state index in [1.807, 2.05) is 0 Å². The summed E-state index contributed by atoms with van der Waals surface area (Å²) in [4.78, 5) is 5.33. The summed E-state index contributed by atoms with van der Waals surface area (Å²) in [7, 11) is 0. The van der Waals surface area contributed by atoms with Crippen molar-refractivity contribution in [2.75, 3.05) is 13.2 Å². The average molecular weight is 316 g/mol. The van der Waals surface area contributed by atoms with Crippen LogP contribution < -0.4 is 0 Å². The SMILES string of the molecule is N#Cc1ccc(C2=NO[C@@H](CCOC3CCCCO3)[C@@H]2O)cc1. The molecular formula is C17H20N2O4. The molecule has 122 valence electrons. The molecule has 0 saturated carbocycles. The van der Waals surface area contributed by atoms with Gasteiger partial charge in [-0.05, 0) is 31.4 Å². The Labute approximate surface area is 135 Å². The number of oxime groups is 1. The molecule has 0 aliphatic carbocycles. The molecule has 0 bridgehead atoms. The molecule has 6 nitrogen and oxygen atoms in total. The van der Waals surface area contributed by atoms with Crippen molar-refractivity contribution in [2.24, 2.45) is 5.16 Å². The fourth-order valence-corrected chi connectivity index (χ4v) is 2.72. The molecule has 0 aromatic heterocycles. The van der Waals surface area contributed by atoms with E-state index in [1.54, 1.807) is 24.3 Å². The van der Waals surface area contributed by atoms with E-state index in [-0.39, 0.29) is 6.29 Å². The molecule has 2 aliphatic rings. The van der Waals surface area contributed by atoms with Crippen LogP contribution in [0.4, 0.5) is 0 Å². The lowest BCUT2D eigenvalue weighted by Gasteiger charge is -2.23. The maximum Gasteiger partial charge on any atom is 0.161 e. The minimum atomic E-state index is -0.793. The number of rotatable bonds is 5. The Balaban J connectivity index is 1.49. The number of aliphatic hydroxyl groups is 1. The highest BCUT2D eigenvalue weighted by molar-refractivity contribution is 6.04. The summed E-state index contributed by atoms with van der Waals surface area (Å²) in [5.74, 6) is 0. The third-order valence-corrected chi connectivity index (χ3v) is 4.07. The minimum Gasteiger partial charge on any atom is -0.389 e. The zero-order valence-electron chi connectivity index (χ0n) is 12.9. The van der Waals surface area contributed by atoms with Gasteiger partial charge >= 0.3 is 0 Å². The molecule has 0 spiro atoms. The molecule has 1 aromatic carbocycles. The Bertz CT molecular complexity index is 588. The van der Waals surface area contributed by atoms with Crippen molar-refractivity contribution >= 4 is 5.71 Å². The number of benzene rings is 1. The van der Waals surface area contributed by atoms with Crippen LogP contribution in [0.3, 0.4) is 0 Å². The van der Waals surface area contributed by atoms with Gasteiger partial charge in [0.2, 0.25) is 0 Å². The Hall–Kier alpha value is -1.94. The Morgan fingerprint density at radius 3 is 2.83 bits per heavy atom. The van der Waals surface area contributed by atoms with Crippen LogP contribution in [0, 0.1) is 11.3 Å². The van der Waals surface area contributed by atoms with Crippen molar-refractivity contribution in [2.45, 2.75) is 44.2 Å². The lowest BCUT2D eigenvalue weighted by Crippen LogP contribution is -2.31. The van der Waals surface area contributed by atoms with Crippen LogP contribution in [0.15, 0.2) is 29.4 Å². The largest absolute Gasteiger partial charge is 0.389 e. The van der Waals surface area contributed by atoms with Crippen LogP contribution in [0.1, 0.15) is 36.8 Å². The molecule has 3 rings (SSSR count). The molecule has 3 atom stereocenters. The van der Waals surface area contributed by atoms with Crippen LogP contribution in [0.5, 0.6) is 0 Å². The summed E-state index contributed by atoms with van der Waals surface area (Å²) in [6.07, 6.45) is 2.33. The van der Waals surface area contributed by atoms with Gasteiger partial charge in [0, 0.05) is 18.6 Å². The summed E-state index contributed by atoms with van der Waals surface area (Å²) in [6.45, 7) is 1.21. The van der Waals surface area contributed by atoms with Gasteiger partial charge in [-0.3, -0.25) is 0 Å². The zero-order valence-corrected chi connectivity index (χ0v) is 12.9. The van der Waals surface area contributed by atoms with Crippen LogP contribution in [-0.2, 0) is 14.3 Å². The Morgan fingerprint density at radius 1 is 1.30 bits per heavy atom. The molecule has 1 saturated heterocycles. The summed E-state index contributed by atoms with van der Waals surface area (Å²) in [5.41, 5.74) is 1.82. The van der Waals surface area contributed by atoms with Gasteiger partial charge in [-0.1, -0.05) is 17.3 Å². The van der Waals surface area contributed by atoms with E-state index in [4.69, 9.17) is 19.6 Å². The van der Waals surface area contributed by atoms with Crippen molar-refractivity contribution in [3.8, 4) is 6.07 Å². The number of nitrogens with zero attached hydrogens (tertiary/aromatic N) is 2. The van der Waals surface area contributed by atoms with E-state index in [0.29, 0.717) is 24.3 Å². The number of hydrogen-bond acceptors (Lipinski definition) is 6. The first-order valence-corrected chi connectivity index (χ1v) is 7.93. The first-order valence-electron chi connectivity index (χ1n) is 7.93. The number of hydrogen-bond donors (Lipinski definition) is 1. The van der Waals surface area contributed by atoms with Crippen LogP contribution in [0.2, 0.25) is 0 Å². The van der Waals surface area contributed by atoms with Crippen molar-refractivity contribution in [3.63, 3.8) is 0 Å². The molecule has 1 aromatic rings. The molecule has 1 fully saturated rings. The molecule has 0 amide bonds. The van der Waals surface area contributed by atoms with E-state index in [9.17, 15) is 5.11 Å². The molecule has 0 radical (unpaired) electrons. The number of ether oxygens (including phenoxy) is 2. The zero-order chi connectivity index (χ0) is 16.1. The third-order valence-electron chi connectivity index (χ3n) is 4.07. The lowest BCUT2D eigenvalue weighted by molar-refractivity contribution is -0.167. The normalized spacial score (nSPS) is 27.1. The first-order chi connectivity index (χ1) is 11.3. The van der Waals surface area contributed by atoms with Gasteiger partial charge in [0.15, 0.2) is 12.4 Å².